The maximum atomic E-state index is 13.2. The van der Waals surface area contributed by atoms with Crippen molar-refractivity contribution in [3.05, 3.63) is 65.9 Å². The van der Waals surface area contributed by atoms with Crippen LogP contribution >= 0.6 is 0 Å². The zero-order chi connectivity index (χ0) is 16.5. The fourth-order valence-electron chi connectivity index (χ4n) is 3.39. The van der Waals surface area contributed by atoms with Gasteiger partial charge >= 0.3 is 0 Å². The third kappa shape index (κ3) is 2.57. The molecule has 0 bridgehead atoms. The van der Waals surface area contributed by atoms with E-state index in [-0.39, 0.29) is 11.9 Å². The number of nitrogens with zero attached hydrogens (tertiary/aromatic N) is 3. The summed E-state index contributed by atoms with van der Waals surface area (Å²) in [6.07, 6.45) is 0. The van der Waals surface area contributed by atoms with E-state index >= 15 is 0 Å². The molecule has 5 heteroatoms. The van der Waals surface area contributed by atoms with Crippen molar-refractivity contribution in [3.63, 3.8) is 0 Å². The minimum Gasteiger partial charge on any atom is -0.328 e. The number of aromatic amines is 1. The second kappa shape index (κ2) is 6.09. The van der Waals surface area contributed by atoms with Crippen LogP contribution in [0.15, 0.2) is 54.6 Å². The van der Waals surface area contributed by atoms with Crippen LogP contribution in [0.4, 0.5) is 0 Å². The van der Waals surface area contributed by atoms with Crippen LogP contribution in [0, 0.1) is 0 Å². The van der Waals surface area contributed by atoms with Crippen LogP contribution in [-0.4, -0.2) is 52.6 Å². The van der Waals surface area contributed by atoms with Gasteiger partial charge in [-0.15, -0.1) is 0 Å². The zero-order valence-corrected chi connectivity index (χ0v) is 13.6. The molecule has 1 atom stereocenters. The van der Waals surface area contributed by atoms with E-state index in [0.717, 1.165) is 29.6 Å². The molecule has 0 radical (unpaired) electrons. The number of piperazine rings is 1. The lowest BCUT2D eigenvalue weighted by Gasteiger charge is -2.40. The number of nitrogens with one attached hydrogen (secondary N) is 1. The van der Waals surface area contributed by atoms with Crippen molar-refractivity contribution in [2.24, 2.45) is 0 Å². The standard InChI is InChI=1S/C19H20N4O/c1-22-11-12-23(17(13-22)14-7-3-2-4-8-14)19(24)18-15-9-5-6-10-16(15)20-21-18/h2-10,17H,11-13H2,1H3,(H,20,21)/t17-/m1/s1. The monoisotopic (exact) mass is 320 g/mol. The van der Waals surface area contributed by atoms with Crippen molar-refractivity contribution in [2.45, 2.75) is 6.04 Å². The molecule has 1 aliphatic heterocycles. The Labute approximate surface area is 140 Å². The highest BCUT2D eigenvalue weighted by Gasteiger charge is 2.32. The van der Waals surface area contributed by atoms with Crippen LogP contribution in [0.5, 0.6) is 0 Å². The summed E-state index contributed by atoms with van der Waals surface area (Å²) in [5, 5.41) is 8.13. The number of rotatable bonds is 2. The van der Waals surface area contributed by atoms with Crippen molar-refractivity contribution in [1.82, 2.24) is 20.0 Å². The molecule has 0 aliphatic carbocycles. The van der Waals surface area contributed by atoms with Crippen molar-refractivity contribution in [2.75, 3.05) is 26.7 Å². The molecule has 1 amide bonds. The minimum atomic E-state index is -0.00518. The number of benzene rings is 2. The van der Waals surface area contributed by atoms with E-state index in [4.69, 9.17) is 0 Å². The molecule has 3 aromatic rings. The Morgan fingerprint density at radius 1 is 1.08 bits per heavy atom. The summed E-state index contributed by atoms with van der Waals surface area (Å²) in [6, 6.07) is 18.0. The van der Waals surface area contributed by atoms with Crippen LogP contribution in [0.3, 0.4) is 0 Å². The Morgan fingerprint density at radius 2 is 1.83 bits per heavy atom. The molecule has 1 aromatic heterocycles. The van der Waals surface area contributed by atoms with Gasteiger partial charge in [0.2, 0.25) is 0 Å². The number of carbonyl (C=O) groups excluding carboxylic acids is 1. The van der Waals surface area contributed by atoms with Gasteiger partial charge in [0.15, 0.2) is 5.69 Å². The van der Waals surface area contributed by atoms with Crippen molar-refractivity contribution in [3.8, 4) is 0 Å². The van der Waals surface area contributed by atoms with Crippen LogP contribution in [0.1, 0.15) is 22.1 Å². The third-order valence-electron chi connectivity index (χ3n) is 4.70. The van der Waals surface area contributed by atoms with E-state index in [9.17, 15) is 4.79 Å². The average molecular weight is 320 g/mol. The van der Waals surface area contributed by atoms with E-state index < -0.39 is 0 Å². The molecule has 2 heterocycles. The van der Waals surface area contributed by atoms with Gasteiger partial charge in [0.25, 0.3) is 5.91 Å². The number of hydrogen-bond donors (Lipinski definition) is 1. The molecule has 1 N–H and O–H groups in total. The Bertz CT molecular complexity index is 858. The maximum absolute atomic E-state index is 13.2. The first-order valence-electron chi connectivity index (χ1n) is 8.21. The highest BCUT2D eigenvalue weighted by atomic mass is 16.2. The highest BCUT2D eigenvalue weighted by molar-refractivity contribution is 6.04. The van der Waals surface area contributed by atoms with Gasteiger partial charge in [-0.2, -0.15) is 5.10 Å². The van der Waals surface area contributed by atoms with Gasteiger partial charge in [0.05, 0.1) is 11.6 Å². The molecule has 122 valence electrons. The summed E-state index contributed by atoms with van der Waals surface area (Å²) in [5.41, 5.74) is 2.57. The van der Waals surface area contributed by atoms with Crippen molar-refractivity contribution in [1.29, 1.82) is 0 Å². The molecule has 1 fully saturated rings. The summed E-state index contributed by atoms with van der Waals surface area (Å²) in [5.74, 6) is -0.00518. The number of aromatic nitrogens is 2. The maximum Gasteiger partial charge on any atom is 0.275 e. The molecular formula is C19H20N4O. The Hall–Kier alpha value is -2.66. The quantitative estimate of drug-likeness (QED) is 0.790. The van der Waals surface area contributed by atoms with Gasteiger partial charge in [0, 0.05) is 25.0 Å². The van der Waals surface area contributed by atoms with Gasteiger partial charge in [0.1, 0.15) is 0 Å². The summed E-state index contributed by atoms with van der Waals surface area (Å²) < 4.78 is 0. The summed E-state index contributed by atoms with van der Waals surface area (Å²) >= 11 is 0. The molecule has 5 nitrogen and oxygen atoms in total. The molecule has 24 heavy (non-hydrogen) atoms. The van der Waals surface area contributed by atoms with E-state index in [1.165, 1.54) is 0 Å². The normalized spacial score (nSPS) is 18.9. The SMILES string of the molecule is CN1CCN(C(=O)c2n[nH]c3ccccc23)[C@@H](c2ccccc2)C1. The molecule has 0 unspecified atom stereocenters. The Kier molecular flexibility index (Phi) is 3.78. The molecule has 0 saturated carbocycles. The lowest BCUT2D eigenvalue weighted by Crippen LogP contribution is -2.49. The summed E-state index contributed by atoms with van der Waals surface area (Å²) in [4.78, 5) is 17.4. The largest absolute Gasteiger partial charge is 0.328 e. The van der Waals surface area contributed by atoms with Crippen LogP contribution < -0.4 is 0 Å². The minimum absolute atomic E-state index is 0.00518. The van der Waals surface area contributed by atoms with Crippen LogP contribution in [-0.2, 0) is 0 Å². The molecule has 0 spiro atoms. The third-order valence-corrected chi connectivity index (χ3v) is 4.70. The first-order valence-corrected chi connectivity index (χ1v) is 8.21. The van der Waals surface area contributed by atoms with Gasteiger partial charge in [-0.25, -0.2) is 0 Å². The molecule has 1 saturated heterocycles. The molecular weight excluding hydrogens is 300 g/mol. The summed E-state index contributed by atoms with van der Waals surface area (Å²) in [6.45, 7) is 2.41. The number of amides is 1. The highest BCUT2D eigenvalue weighted by Crippen LogP contribution is 2.27. The average Bonchev–Trinajstić information content (AvgIpc) is 3.06. The predicted molar refractivity (Wildman–Crippen MR) is 93.8 cm³/mol. The first-order chi connectivity index (χ1) is 11.7. The van der Waals surface area contributed by atoms with Crippen LogP contribution in [0.25, 0.3) is 10.9 Å². The molecule has 4 rings (SSSR count). The van der Waals surface area contributed by atoms with Gasteiger partial charge in [-0.05, 0) is 18.7 Å². The van der Waals surface area contributed by atoms with E-state index in [1.807, 2.05) is 47.4 Å². The first kappa shape index (κ1) is 14.9. The predicted octanol–water partition coefficient (Wildman–Crippen LogP) is 2.69. The van der Waals surface area contributed by atoms with Gasteiger partial charge in [-0.3, -0.25) is 9.89 Å². The number of hydrogen-bond acceptors (Lipinski definition) is 3. The van der Waals surface area contributed by atoms with E-state index in [1.54, 1.807) is 0 Å². The number of fused-ring (bicyclic) bond motifs is 1. The number of H-pyrrole nitrogens is 1. The summed E-state index contributed by atoms with van der Waals surface area (Å²) in [7, 11) is 2.10. The van der Waals surface area contributed by atoms with E-state index in [2.05, 4.69) is 34.3 Å². The van der Waals surface area contributed by atoms with Crippen molar-refractivity contribution >= 4 is 16.8 Å². The van der Waals surface area contributed by atoms with Crippen LogP contribution in [0.2, 0.25) is 0 Å². The second-order valence-electron chi connectivity index (χ2n) is 6.31. The fourth-order valence-corrected chi connectivity index (χ4v) is 3.39. The Morgan fingerprint density at radius 3 is 2.67 bits per heavy atom. The van der Waals surface area contributed by atoms with E-state index in [0.29, 0.717) is 12.2 Å². The van der Waals surface area contributed by atoms with Gasteiger partial charge < -0.3 is 9.80 Å². The fraction of sp³-hybridized carbons (Fsp3) is 0.263. The smallest absolute Gasteiger partial charge is 0.275 e. The van der Waals surface area contributed by atoms with Crippen molar-refractivity contribution < 1.29 is 4.79 Å². The molecule has 2 aromatic carbocycles. The lowest BCUT2D eigenvalue weighted by molar-refractivity contribution is 0.0494. The topological polar surface area (TPSA) is 52.2 Å². The molecule has 1 aliphatic rings. The Balaban J connectivity index is 1.71. The number of likely N-dealkylation sites (N-methyl/N-ethyl adjacent to an activating group) is 1. The zero-order valence-electron chi connectivity index (χ0n) is 13.6. The number of para-hydroxylation sites is 1. The second-order valence-corrected chi connectivity index (χ2v) is 6.31. The lowest BCUT2D eigenvalue weighted by atomic mass is 10.0. The number of carbonyl (C=O) groups is 1. The van der Waals surface area contributed by atoms with Gasteiger partial charge in [-0.1, -0.05) is 48.5 Å².